The van der Waals surface area contributed by atoms with Gasteiger partial charge in [-0.15, -0.1) is 11.3 Å². The van der Waals surface area contributed by atoms with E-state index in [1.54, 1.807) is 5.56 Å². The van der Waals surface area contributed by atoms with E-state index in [1.165, 1.54) is 54.9 Å². The van der Waals surface area contributed by atoms with Crippen molar-refractivity contribution in [2.24, 2.45) is 0 Å². The van der Waals surface area contributed by atoms with Gasteiger partial charge in [0.1, 0.15) is 0 Å². The molecule has 0 aromatic carbocycles. The average molecular weight is 292 g/mol. The zero-order valence-electron chi connectivity index (χ0n) is 13.2. The van der Waals surface area contributed by atoms with Crippen molar-refractivity contribution in [1.82, 2.24) is 10.2 Å². The van der Waals surface area contributed by atoms with Gasteiger partial charge in [-0.2, -0.15) is 0 Å². The Hall–Kier alpha value is -0.380. The van der Waals surface area contributed by atoms with E-state index < -0.39 is 0 Å². The summed E-state index contributed by atoms with van der Waals surface area (Å²) in [5.41, 5.74) is 1.98. The first-order valence-corrected chi connectivity index (χ1v) is 8.97. The number of thiophene rings is 1. The van der Waals surface area contributed by atoms with Gasteiger partial charge in [-0.3, -0.25) is 4.90 Å². The van der Waals surface area contributed by atoms with Crippen molar-refractivity contribution in [3.8, 4) is 0 Å². The molecule has 112 valence electrons. The molecule has 1 aliphatic carbocycles. The topological polar surface area (TPSA) is 15.3 Å². The molecule has 0 bridgehead atoms. The van der Waals surface area contributed by atoms with Gasteiger partial charge < -0.3 is 5.32 Å². The van der Waals surface area contributed by atoms with E-state index in [2.05, 4.69) is 37.1 Å². The van der Waals surface area contributed by atoms with Gasteiger partial charge in [0.15, 0.2) is 0 Å². The van der Waals surface area contributed by atoms with Crippen LogP contribution in [-0.2, 0) is 0 Å². The second-order valence-corrected chi connectivity index (χ2v) is 8.24. The molecule has 2 heterocycles. The van der Waals surface area contributed by atoms with Gasteiger partial charge in [-0.05, 0) is 45.2 Å². The fourth-order valence-corrected chi connectivity index (χ4v) is 5.16. The van der Waals surface area contributed by atoms with Gasteiger partial charge in [0.05, 0.1) is 0 Å². The summed E-state index contributed by atoms with van der Waals surface area (Å²) in [6, 6.07) is 2.97. The standard InChI is InChI=1S/C17H28N2S/c1-13-11-16(15(3)20-13)14(2)19-10-9-18-17(12-19)7-5-4-6-8-17/h11,14,18H,4-10,12H2,1-3H3. The van der Waals surface area contributed by atoms with Crippen molar-refractivity contribution < 1.29 is 0 Å². The van der Waals surface area contributed by atoms with Crippen molar-refractivity contribution in [1.29, 1.82) is 0 Å². The van der Waals surface area contributed by atoms with Crippen molar-refractivity contribution >= 4 is 11.3 Å². The Morgan fingerprint density at radius 3 is 2.65 bits per heavy atom. The van der Waals surface area contributed by atoms with Crippen molar-refractivity contribution in [3.63, 3.8) is 0 Å². The molecule has 20 heavy (non-hydrogen) atoms. The Bertz CT molecular complexity index is 454. The lowest BCUT2D eigenvalue weighted by Crippen LogP contribution is -2.61. The van der Waals surface area contributed by atoms with Crippen LogP contribution in [0.2, 0.25) is 0 Å². The Balaban J connectivity index is 1.74. The lowest BCUT2D eigenvalue weighted by molar-refractivity contribution is 0.0729. The zero-order valence-corrected chi connectivity index (χ0v) is 14.0. The van der Waals surface area contributed by atoms with E-state index in [-0.39, 0.29) is 0 Å². The summed E-state index contributed by atoms with van der Waals surface area (Å²) in [7, 11) is 0. The molecule has 2 fully saturated rings. The quantitative estimate of drug-likeness (QED) is 0.885. The molecule has 2 aliphatic rings. The van der Waals surface area contributed by atoms with E-state index >= 15 is 0 Å². The van der Waals surface area contributed by atoms with Crippen LogP contribution in [0.1, 0.15) is 60.4 Å². The second kappa shape index (κ2) is 5.78. The molecule has 1 aromatic heterocycles. The normalized spacial score (nSPS) is 24.9. The van der Waals surface area contributed by atoms with E-state index in [1.807, 2.05) is 11.3 Å². The maximum absolute atomic E-state index is 3.85. The largest absolute Gasteiger partial charge is 0.309 e. The predicted molar refractivity (Wildman–Crippen MR) is 87.6 cm³/mol. The number of aryl methyl sites for hydroxylation is 2. The highest BCUT2D eigenvalue weighted by Gasteiger charge is 2.37. The minimum atomic E-state index is 0.420. The fraction of sp³-hybridized carbons (Fsp3) is 0.765. The van der Waals surface area contributed by atoms with Crippen molar-refractivity contribution in [2.75, 3.05) is 19.6 Å². The number of piperazine rings is 1. The third-order valence-corrected chi connectivity index (χ3v) is 6.27. The molecular weight excluding hydrogens is 264 g/mol. The van der Waals surface area contributed by atoms with E-state index in [0.29, 0.717) is 11.6 Å². The summed E-state index contributed by atoms with van der Waals surface area (Å²) in [6.07, 6.45) is 7.00. The summed E-state index contributed by atoms with van der Waals surface area (Å²) >= 11 is 1.95. The molecule has 0 amide bonds. The van der Waals surface area contributed by atoms with Crippen LogP contribution >= 0.6 is 11.3 Å². The lowest BCUT2D eigenvalue weighted by atomic mass is 9.79. The maximum atomic E-state index is 3.85. The van der Waals surface area contributed by atoms with Crippen LogP contribution in [0, 0.1) is 13.8 Å². The highest BCUT2D eigenvalue weighted by molar-refractivity contribution is 7.12. The molecule has 3 heteroatoms. The molecule has 2 nitrogen and oxygen atoms in total. The first-order valence-electron chi connectivity index (χ1n) is 8.16. The van der Waals surface area contributed by atoms with Crippen LogP contribution < -0.4 is 5.32 Å². The SMILES string of the molecule is Cc1cc(C(C)N2CCNC3(CCCCC3)C2)c(C)s1. The van der Waals surface area contributed by atoms with E-state index in [4.69, 9.17) is 0 Å². The summed E-state index contributed by atoms with van der Waals surface area (Å²) < 4.78 is 0. The minimum Gasteiger partial charge on any atom is -0.309 e. The highest BCUT2D eigenvalue weighted by Crippen LogP contribution is 2.35. The van der Waals surface area contributed by atoms with Crippen LogP contribution in [0.5, 0.6) is 0 Å². The fourth-order valence-electron chi connectivity index (χ4n) is 4.14. The van der Waals surface area contributed by atoms with Crippen molar-refractivity contribution in [3.05, 3.63) is 21.4 Å². The highest BCUT2D eigenvalue weighted by atomic mass is 32.1. The molecule has 1 saturated carbocycles. The molecule has 1 unspecified atom stereocenters. The Morgan fingerprint density at radius 2 is 2.00 bits per heavy atom. The molecule has 1 atom stereocenters. The summed E-state index contributed by atoms with van der Waals surface area (Å²) in [5, 5.41) is 3.85. The zero-order chi connectivity index (χ0) is 14.2. The first-order chi connectivity index (χ1) is 9.60. The minimum absolute atomic E-state index is 0.420. The summed E-state index contributed by atoms with van der Waals surface area (Å²) in [4.78, 5) is 5.68. The number of hydrogen-bond donors (Lipinski definition) is 1. The third kappa shape index (κ3) is 2.81. The first kappa shape index (κ1) is 14.6. The lowest BCUT2D eigenvalue weighted by Gasteiger charge is -2.48. The van der Waals surface area contributed by atoms with Crippen LogP contribution in [0.3, 0.4) is 0 Å². The molecule has 1 N–H and O–H groups in total. The molecule has 1 saturated heterocycles. The van der Waals surface area contributed by atoms with Crippen LogP contribution in [0.15, 0.2) is 6.07 Å². The molecule has 1 aliphatic heterocycles. The summed E-state index contributed by atoms with van der Waals surface area (Å²) in [6.45, 7) is 10.5. The van der Waals surface area contributed by atoms with Gasteiger partial charge in [-0.1, -0.05) is 19.3 Å². The smallest absolute Gasteiger partial charge is 0.0332 e. The second-order valence-electron chi connectivity index (χ2n) is 6.78. The van der Waals surface area contributed by atoms with Gasteiger partial charge >= 0.3 is 0 Å². The molecular formula is C17H28N2S. The average Bonchev–Trinajstić information content (AvgIpc) is 2.78. The van der Waals surface area contributed by atoms with Crippen LogP contribution in [-0.4, -0.2) is 30.1 Å². The van der Waals surface area contributed by atoms with Crippen molar-refractivity contribution in [2.45, 2.75) is 64.5 Å². The van der Waals surface area contributed by atoms with Gasteiger partial charge in [-0.25, -0.2) is 0 Å². The van der Waals surface area contributed by atoms with Gasteiger partial charge in [0, 0.05) is 41.0 Å². The molecule has 0 radical (unpaired) electrons. The number of hydrogen-bond acceptors (Lipinski definition) is 3. The molecule has 1 spiro atoms. The Labute approximate surface area is 127 Å². The van der Waals surface area contributed by atoms with Gasteiger partial charge in [0.2, 0.25) is 0 Å². The van der Waals surface area contributed by atoms with E-state index in [9.17, 15) is 0 Å². The molecule has 3 rings (SSSR count). The number of nitrogens with one attached hydrogen (secondary N) is 1. The Morgan fingerprint density at radius 1 is 1.25 bits per heavy atom. The summed E-state index contributed by atoms with van der Waals surface area (Å²) in [5.74, 6) is 0. The maximum Gasteiger partial charge on any atom is 0.0332 e. The monoisotopic (exact) mass is 292 g/mol. The van der Waals surface area contributed by atoms with Crippen LogP contribution in [0.25, 0.3) is 0 Å². The number of nitrogens with zero attached hydrogens (tertiary/aromatic N) is 1. The van der Waals surface area contributed by atoms with Crippen LogP contribution in [0.4, 0.5) is 0 Å². The Kier molecular flexibility index (Phi) is 4.21. The third-order valence-electron chi connectivity index (χ3n) is 5.29. The number of rotatable bonds is 2. The molecule has 1 aromatic rings. The predicted octanol–water partition coefficient (Wildman–Crippen LogP) is 4.03. The van der Waals surface area contributed by atoms with Gasteiger partial charge in [0.25, 0.3) is 0 Å². The van der Waals surface area contributed by atoms with E-state index in [0.717, 1.165) is 6.54 Å².